The topological polar surface area (TPSA) is 233 Å². The molecule has 3 rings (SSSR count). The molecule has 0 spiro atoms. The summed E-state index contributed by atoms with van der Waals surface area (Å²) in [5.41, 5.74) is 6.13. The van der Waals surface area contributed by atoms with Gasteiger partial charge in [0.15, 0.2) is 0 Å². The number of nitrogens with two attached hydrogens (primary N) is 1. The minimum absolute atomic E-state index is 0.0922. The van der Waals surface area contributed by atoms with E-state index in [9.17, 15) is 20.8 Å². The number of nitrogen functional groups attached to an aromatic ring is 1. The second-order valence-electron chi connectivity index (χ2n) is 5.36. The Morgan fingerprint density at radius 3 is 2.56 bits per heavy atom. The van der Waals surface area contributed by atoms with Gasteiger partial charge in [0, 0.05) is 0 Å². The van der Waals surface area contributed by atoms with E-state index >= 15 is 0 Å². The fourth-order valence-electron chi connectivity index (χ4n) is 2.44. The molecule has 1 fully saturated rings. The number of ether oxygens (including phenoxy) is 1. The van der Waals surface area contributed by atoms with E-state index in [-0.39, 0.29) is 17.0 Å². The van der Waals surface area contributed by atoms with Gasteiger partial charge in [-0.1, -0.05) is 0 Å². The zero-order valence-corrected chi connectivity index (χ0v) is 19.0. The third kappa shape index (κ3) is 4.54. The van der Waals surface area contributed by atoms with Gasteiger partial charge in [-0.15, -0.1) is 0 Å². The van der Waals surface area contributed by atoms with Crippen molar-refractivity contribution < 1.29 is 72.8 Å². The number of hydrogen-bond donors (Lipinski definition) is 6. The first-order chi connectivity index (χ1) is 12.5. The normalized spacial score (nSPS) is 28.5. The Balaban J connectivity index is 1.75. The van der Waals surface area contributed by atoms with Crippen molar-refractivity contribution in [2.75, 3.05) is 12.3 Å². The number of anilines is 1. The average Bonchev–Trinajstić information content (AvgIpc) is 3.07. The molecule has 7 N–H and O–H groups in total. The molecule has 1 aliphatic heterocycles. The van der Waals surface area contributed by atoms with Crippen LogP contribution in [0.2, 0.25) is 0 Å². The van der Waals surface area contributed by atoms with Gasteiger partial charge < -0.3 is 0 Å². The molecule has 0 aliphatic carbocycles. The van der Waals surface area contributed by atoms with Gasteiger partial charge in [-0.2, -0.15) is 0 Å². The van der Waals surface area contributed by atoms with Crippen LogP contribution >= 0.6 is 0 Å². The fraction of sp³-hybridized carbons (Fsp3) is 0.500. The Hall–Kier alpha value is -0.993. The number of rotatable bonds is 6. The van der Waals surface area contributed by atoms with Crippen LogP contribution in [0.15, 0.2) is 12.7 Å². The van der Waals surface area contributed by atoms with E-state index in [1.807, 2.05) is 0 Å². The maximum atomic E-state index is 11.6. The van der Waals surface area contributed by atoms with Crippen molar-refractivity contribution in [3.8, 4) is 0 Å². The van der Waals surface area contributed by atoms with Crippen LogP contribution in [0.5, 0.6) is 0 Å². The minimum atomic E-state index is -6.24. The Labute approximate surface area is 158 Å². The van der Waals surface area contributed by atoms with Gasteiger partial charge in [0.25, 0.3) is 0 Å². The van der Waals surface area contributed by atoms with Crippen LogP contribution in [0.1, 0.15) is 6.23 Å². The maximum absolute atomic E-state index is 11.6. The van der Waals surface area contributed by atoms with Gasteiger partial charge in [0.05, 0.1) is 0 Å². The van der Waals surface area contributed by atoms with Gasteiger partial charge >= 0.3 is 159 Å². The van der Waals surface area contributed by atoms with Crippen molar-refractivity contribution in [2.24, 2.45) is 0 Å². The molecule has 0 aromatic carbocycles. The molecular formula is C10H15N5O10W2. The van der Waals surface area contributed by atoms with Crippen molar-refractivity contribution in [1.82, 2.24) is 19.5 Å². The molecule has 2 aromatic heterocycles. The standard InChI is InChI=1S/C10H12N5O4.3H2O.3O.2W/c11-8-5-9(13-2-12-8)15(3-14-5)10-7(18)6(17)4(1-16)19-10;;;;;;;;/h2-4,6-7,10,17-18H,1H2,(H2,11,12,13);3*1H2;;;;;/q-1;;;;;;;2*+2/p-3/t4-,6-,7+,10+;;;;;;;;/m0......../s1. The summed E-state index contributed by atoms with van der Waals surface area (Å²) in [6.07, 6.45) is -3.09. The Morgan fingerprint density at radius 1 is 1.19 bits per heavy atom. The van der Waals surface area contributed by atoms with E-state index in [1.165, 1.54) is 17.2 Å². The number of aliphatic hydroxyl groups excluding tert-OH is 2. The molecule has 15 nitrogen and oxygen atoms in total. The predicted octanol–water partition coefficient (Wildman–Crippen LogP) is -3.47. The zero-order chi connectivity index (χ0) is 20.0. The molecule has 2 aromatic rings. The van der Waals surface area contributed by atoms with Crippen molar-refractivity contribution in [1.29, 1.82) is 0 Å². The quantitative estimate of drug-likeness (QED) is 0.170. The molecule has 0 saturated carbocycles. The van der Waals surface area contributed by atoms with Crippen LogP contribution in [0.25, 0.3) is 11.2 Å². The SMILES string of the molecule is Nc1ncnc2c1ncn2[C@@H]1O[C@@H](C[O][W](=[O])([OH])[O][W](=[O])([OH])[OH])[C@H](O)[C@H]1O. The van der Waals surface area contributed by atoms with Crippen molar-refractivity contribution in [3.63, 3.8) is 0 Å². The van der Waals surface area contributed by atoms with Gasteiger partial charge in [0.1, 0.15) is 0 Å². The predicted molar refractivity (Wildman–Crippen MR) is 70.7 cm³/mol. The van der Waals surface area contributed by atoms with E-state index in [0.717, 1.165) is 0 Å². The van der Waals surface area contributed by atoms with E-state index in [4.69, 9.17) is 18.0 Å². The second kappa shape index (κ2) is 7.44. The van der Waals surface area contributed by atoms with Crippen LogP contribution in [-0.2, 0) is 51.3 Å². The van der Waals surface area contributed by atoms with Crippen LogP contribution < -0.4 is 5.73 Å². The number of nitrogens with zero attached hydrogens (tertiary/aromatic N) is 4. The van der Waals surface area contributed by atoms with E-state index in [0.29, 0.717) is 0 Å². The van der Waals surface area contributed by atoms with Gasteiger partial charge in [0.2, 0.25) is 0 Å². The first-order valence-electron chi connectivity index (χ1n) is 7.04. The molecule has 0 amide bonds. The summed E-state index contributed by atoms with van der Waals surface area (Å²) in [5.74, 6) is 0.0922. The summed E-state index contributed by atoms with van der Waals surface area (Å²) in [6.45, 7) is -0.754. The molecular weight excluding hydrogens is 718 g/mol. The average molecular weight is 733 g/mol. The Bertz CT molecular complexity index is 932. The number of aliphatic hydroxyl groups is 2. The van der Waals surface area contributed by atoms with Crippen molar-refractivity contribution in [3.05, 3.63) is 12.7 Å². The Morgan fingerprint density at radius 2 is 1.89 bits per heavy atom. The molecule has 1 unspecified atom stereocenters. The van der Waals surface area contributed by atoms with Crippen molar-refractivity contribution in [2.45, 2.75) is 24.5 Å². The van der Waals surface area contributed by atoms with E-state index in [2.05, 4.69) is 20.4 Å². The summed E-state index contributed by atoms with van der Waals surface area (Å²) < 4.78 is 64.1. The molecule has 152 valence electrons. The summed E-state index contributed by atoms with van der Waals surface area (Å²) in [4.78, 5) is 11.7. The van der Waals surface area contributed by atoms with Gasteiger partial charge in [-0.05, 0) is 0 Å². The number of hydrogen-bond acceptors (Lipinski definition) is 11. The Kier molecular flexibility index (Phi) is 5.71. The first-order valence-corrected chi connectivity index (χ1v) is 17.0. The van der Waals surface area contributed by atoms with Crippen LogP contribution in [-0.4, -0.2) is 65.9 Å². The first kappa shape index (κ1) is 20.7. The van der Waals surface area contributed by atoms with Crippen molar-refractivity contribution >= 4 is 17.0 Å². The number of aromatic nitrogens is 4. The fourth-order valence-corrected chi connectivity index (χ4v) is 12.2. The van der Waals surface area contributed by atoms with Gasteiger partial charge in [-0.25, -0.2) is 0 Å². The zero-order valence-electron chi connectivity index (χ0n) is 13.1. The monoisotopic (exact) mass is 733 g/mol. The van der Waals surface area contributed by atoms with Crippen LogP contribution in [0, 0.1) is 0 Å². The molecule has 0 bridgehead atoms. The third-order valence-corrected chi connectivity index (χ3v) is 16.6. The van der Waals surface area contributed by atoms with Crippen LogP contribution in [0.3, 0.4) is 0 Å². The van der Waals surface area contributed by atoms with Crippen LogP contribution in [0.4, 0.5) is 5.82 Å². The van der Waals surface area contributed by atoms with E-state index in [1.54, 1.807) is 0 Å². The molecule has 3 heterocycles. The molecule has 5 atom stereocenters. The number of fused-ring (bicyclic) bond motifs is 1. The molecule has 1 aliphatic rings. The third-order valence-electron chi connectivity index (χ3n) is 3.55. The molecule has 0 radical (unpaired) electrons. The summed E-state index contributed by atoms with van der Waals surface area (Å²) in [5, 5.41) is 20.3. The summed E-state index contributed by atoms with van der Waals surface area (Å²) in [6, 6.07) is 0. The van der Waals surface area contributed by atoms with Gasteiger partial charge in [-0.3, -0.25) is 0 Å². The second-order valence-corrected chi connectivity index (χ2v) is 17.0. The molecule has 27 heavy (non-hydrogen) atoms. The van der Waals surface area contributed by atoms with E-state index < -0.39 is 65.5 Å². The summed E-state index contributed by atoms with van der Waals surface area (Å²) >= 11 is -12.4. The molecule has 1 saturated heterocycles. The summed E-state index contributed by atoms with van der Waals surface area (Å²) in [7, 11) is 0. The molecule has 17 heteroatoms. The number of imidazole rings is 1.